The van der Waals surface area contributed by atoms with Crippen molar-refractivity contribution >= 4 is 23.9 Å². The molecule has 2 aliphatic rings. The Morgan fingerprint density at radius 1 is 0.946 bits per heavy atom. The number of nitrogens with one attached hydrogen (secondary N) is 3. The van der Waals surface area contributed by atoms with Gasteiger partial charge in [-0.1, -0.05) is 62.4 Å². The highest BCUT2D eigenvalue weighted by Crippen LogP contribution is 2.27. The first-order chi connectivity index (χ1) is 18.0. The van der Waals surface area contributed by atoms with Crippen molar-refractivity contribution in [2.45, 2.75) is 70.1 Å². The number of benzene rings is 1. The lowest BCUT2D eigenvalue weighted by atomic mass is 9.84. The van der Waals surface area contributed by atoms with Crippen LogP contribution in [0, 0.1) is 11.8 Å². The second-order valence-electron chi connectivity index (χ2n) is 9.73. The van der Waals surface area contributed by atoms with Gasteiger partial charge in [0.15, 0.2) is 0 Å². The van der Waals surface area contributed by atoms with Crippen LogP contribution in [0.5, 0.6) is 0 Å². The second kappa shape index (κ2) is 15.2. The first-order valence-electron chi connectivity index (χ1n) is 13.2. The van der Waals surface area contributed by atoms with E-state index in [1.165, 1.54) is 13.5 Å². The van der Waals surface area contributed by atoms with Crippen LogP contribution < -0.4 is 16.0 Å². The van der Waals surface area contributed by atoms with E-state index < -0.39 is 36.0 Å². The Morgan fingerprint density at radius 3 is 2.38 bits per heavy atom. The van der Waals surface area contributed by atoms with Crippen LogP contribution in [0.2, 0.25) is 0 Å². The minimum Gasteiger partial charge on any atom is -0.462 e. The van der Waals surface area contributed by atoms with Gasteiger partial charge >= 0.3 is 12.1 Å². The molecule has 1 saturated carbocycles. The summed E-state index contributed by atoms with van der Waals surface area (Å²) in [5.74, 6) is -1.39. The normalized spacial score (nSPS) is 19.4. The summed E-state index contributed by atoms with van der Waals surface area (Å²) in [4.78, 5) is 51.0. The van der Waals surface area contributed by atoms with E-state index >= 15 is 0 Å². The van der Waals surface area contributed by atoms with E-state index in [-0.39, 0.29) is 38.1 Å². The van der Waals surface area contributed by atoms with Crippen LogP contribution in [0.3, 0.4) is 0 Å². The first kappa shape index (κ1) is 28.4. The lowest BCUT2D eigenvalue weighted by Gasteiger charge is -2.28. The summed E-state index contributed by atoms with van der Waals surface area (Å²) in [6, 6.07) is 7.38. The molecule has 3 rings (SSSR count). The molecule has 0 radical (unpaired) electrons. The molecule has 10 heteroatoms. The molecule has 1 saturated heterocycles. The van der Waals surface area contributed by atoms with Crippen molar-refractivity contribution in [1.29, 1.82) is 0 Å². The molecule has 1 aliphatic carbocycles. The minimum absolute atomic E-state index is 0.0358. The third kappa shape index (κ3) is 9.68. The lowest BCUT2D eigenvalue weighted by Crippen LogP contribution is -2.53. The number of methoxy groups -OCH3 is 1. The molecule has 2 fully saturated rings. The van der Waals surface area contributed by atoms with Crippen molar-refractivity contribution in [3.63, 3.8) is 0 Å². The van der Waals surface area contributed by atoms with Gasteiger partial charge in [-0.05, 0) is 30.7 Å². The summed E-state index contributed by atoms with van der Waals surface area (Å²) >= 11 is 0. The van der Waals surface area contributed by atoms with Crippen LogP contribution >= 0.6 is 0 Å². The number of hydrogen-bond donors (Lipinski definition) is 3. The predicted molar refractivity (Wildman–Crippen MR) is 135 cm³/mol. The van der Waals surface area contributed by atoms with Gasteiger partial charge < -0.3 is 30.2 Å². The molecule has 0 bridgehead atoms. The van der Waals surface area contributed by atoms with Gasteiger partial charge in [0.1, 0.15) is 25.3 Å². The fraction of sp³-hybridized carbons (Fsp3) is 0.630. The molecule has 3 N–H and O–H groups in total. The highest BCUT2D eigenvalue weighted by atomic mass is 16.6. The van der Waals surface area contributed by atoms with Crippen molar-refractivity contribution in [2.75, 3.05) is 26.9 Å². The van der Waals surface area contributed by atoms with Crippen LogP contribution in [0.1, 0.15) is 56.9 Å². The number of carbonyl (C=O) groups is 4. The first-order valence-corrected chi connectivity index (χ1v) is 13.2. The minimum atomic E-state index is -1.02. The van der Waals surface area contributed by atoms with Crippen LogP contribution in [0.25, 0.3) is 0 Å². The van der Waals surface area contributed by atoms with Gasteiger partial charge in [-0.2, -0.15) is 0 Å². The number of amides is 3. The fourth-order valence-electron chi connectivity index (χ4n) is 4.86. The molecule has 37 heavy (non-hydrogen) atoms. The van der Waals surface area contributed by atoms with Crippen LogP contribution in [0.4, 0.5) is 4.79 Å². The van der Waals surface area contributed by atoms with Gasteiger partial charge in [-0.3, -0.25) is 9.59 Å². The Balaban J connectivity index is 1.66. The molecule has 204 valence electrons. The maximum Gasteiger partial charge on any atom is 0.408 e. The maximum absolute atomic E-state index is 13.4. The number of esters is 1. The smallest absolute Gasteiger partial charge is 0.408 e. The van der Waals surface area contributed by atoms with Crippen molar-refractivity contribution in [3.8, 4) is 0 Å². The van der Waals surface area contributed by atoms with Crippen LogP contribution in [-0.4, -0.2) is 62.8 Å². The van der Waals surface area contributed by atoms with Crippen molar-refractivity contribution in [3.05, 3.63) is 35.9 Å². The van der Waals surface area contributed by atoms with E-state index in [2.05, 4.69) is 16.0 Å². The SMILES string of the molecule is COCCOC(=O)[C@H](C[C@@H]1CCNC1=O)NC(=O)[C@H](CC1CCCCC1)NC(=O)OCc1ccccc1. The van der Waals surface area contributed by atoms with Crippen molar-refractivity contribution in [2.24, 2.45) is 11.8 Å². The van der Waals surface area contributed by atoms with E-state index in [4.69, 9.17) is 14.2 Å². The zero-order valence-corrected chi connectivity index (χ0v) is 21.5. The van der Waals surface area contributed by atoms with E-state index in [0.717, 1.165) is 31.2 Å². The number of alkyl carbamates (subject to hydrolysis) is 1. The summed E-state index contributed by atoms with van der Waals surface area (Å²) < 4.78 is 15.6. The van der Waals surface area contributed by atoms with E-state index in [1.54, 1.807) is 0 Å². The highest BCUT2D eigenvalue weighted by Gasteiger charge is 2.35. The molecule has 1 heterocycles. The third-order valence-corrected chi connectivity index (χ3v) is 6.93. The maximum atomic E-state index is 13.4. The van der Waals surface area contributed by atoms with Gasteiger partial charge in [0, 0.05) is 19.6 Å². The summed E-state index contributed by atoms with van der Waals surface area (Å²) in [7, 11) is 1.49. The van der Waals surface area contributed by atoms with Gasteiger partial charge in [-0.25, -0.2) is 9.59 Å². The Morgan fingerprint density at radius 2 is 1.70 bits per heavy atom. The zero-order valence-electron chi connectivity index (χ0n) is 21.5. The molecule has 3 amide bonds. The largest absolute Gasteiger partial charge is 0.462 e. The monoisotopic (exact) mass is 517 g/mol. The van der Waals surface area contributed by atoms with Crippen molar-refractivity contribution in [1.82, 2.24) is 16.0 Å². The second-order valence-corrected chi connectivity index (χ2v) is 9.73. The Kier molecular flexibility index (Phi) is 11.7. The molecule has 1 aromatic rings. The molecule has 1 aliphatic heterocycles. The fourth-order valence-corrected chi connectivity index (χ4v) is 4.86. The third-order valence-electron chi connectivity index (χ3n) is 6.93. The van der Waals surface area contributed by atoms with Gasteiger partial charge in [0.05, 0.1) is 6.61 Å². The van der Waals surface area contributed by atoms with Crippen molar-refractivity contribution < 1.29 is 33.4 Å². The highest BCUT2D eigenvalue weighted by molar-refractivity contribution is 5.90. The number of rotatable bonds is 13. The predicted octanol–water partition coefficient (Wildman–Crippen LogP) is 2.45. The van der Waals surface area contributed by atoms with Gasteiger partial charge in [0.25, 0.3) is 0 Å². The van der Waals surface area contributed by atoms with E-state index in [9.17, 15) is 19.2 Å². The number of hydrogen-bond acceptors (Lipinski definition) is 7. The lowest BCUT2D eigenvalue weighted by molar-refractivity contribution is -0.150. The summed E-state index contributed by atoms with van der Waals surface area (Å²) in [5, 5.41) is 8.22. The molecule has 1 aromatic carbocycles. The van der Waals surface area contributed by atoms with Crippen LogP contribution in [0.15, 0.2) is 30.3 Å². The average Bonchev–Trinajstić information content (AvgIpc) is 3.32. The van der Waals surface area contributed by atoms with Gasteiger partial charge in [-0.15, -0.1) is 0 Å². The van der Waals surface area contributed by atoms with Gasteiger partial charge in [0.2, 0.25) is 11.8 Å². The topological polar surface area (TPSA) is 132 Å². The molecule has 10 nitrogen and oxygen atoms in total. The summed E-state index contributed by atoms with van der Waals surface area (Å²) in [6.07, 6.45) is 5.75. The standard InChI is InChI=1S/C27H39N3O7/c1-35-14-15-36-26(33)23(17-21-12-13-28-24(21)31)29-25(32)22(16-19-8-4-2-5-9-19)30-27(34)37-18-20-10-6-3-7-11-20/h3,6-7,10-11,19,21-23H,2,4-5,8-9,12-18H2,1H3,(H,28,31)(H,29,32)(H,30,34)/t21-,22-,23-/m0/s1. The quantitative estimate of drug-likeness (QED) is 0.270. The summed E-state index contributed by atoms with van der Waals surface area (Å²) in [5.41, 5.74) is 0.833. The Bertz CT molecular complexity index is 889. The zero-order chi connectivity index (χ0) is 26.5. The molecule has 3 atom stereocenters. The molecule has 0 unspecified atom stereocenters. The Labute approximate surface area is 218 Å². The Hall–Kier alpha value is -3.14. The average molecular weight is 518 g/mol. The molecular formula is C27H39N3O7. The summed E-state index contributed by atoms with van der Waals surface area (Å²) in [6.45, 7) is 0.862. The number of ether oxygens (including phenoxy) is 3. The van der Waals surface area contributed by atoms with E-state index in [1.807, 2.05) is 30.3 Å². The molecule has 0 spiro atoms. The molecular weight excluding hydrogens is 478 g/mol. The molecule has 0 aromatic heterocycles. The van der Waals surface area contributed by atoms with Crippen LogP contribution in [-0.2, 0) is 35.2 Å². The number of carbonyl (C=O) groups excluding carboxylic acids is 4. The van der Waals surface area contributed by atoms with E-state index in [0.29, 0.717) is 19.4 Å².